The van der Waals surface area contributed by atoms with E-state index in [0.717, 1.165) is 12.1 Å². The van der Waals surface area contributed by atoms with E-state index in [0.29, 0.717) is 12.1 Å². The molecule has 0 fully saturated rings. The molecule has 1 unspecified atom stereocenters. The predicted molar refractivity (Wildman–Crippen MR) is 67.3 cm³/mol. The predicted octanol–water partition coefficient (Wildman–Crippen LogP) is 1.75. The van der Waals surface area contributed by atoms with Gasteiger partial charge in [0, 0.05) is 18.2 Å². The Labute approximate surface area is 119 Å². The number of carbonyl (C=O) groups is 2. The number of hydrogen-bond donors (Lipinski definition) is 2. The Morgan fingerprint density at radius 2 is 1.81 bits per heavy atom. The molecule has 0 radical (unpaired) electrons. The third-order valence-corrected chi connectivity index (χ3v) is 2.75. The zero-order chi connectivity index (χ0) is 16.0. The van der Waals surface area contributed by atoms with Gasteiger partial charge in [-0.2, -0.15) is 13.2 Å². The van der Waals surface area contributed by atoms with E-state index in [9.17, 15) is 27.9 Å². The summed E-state index contributed by atoms with van der Waals surface area (Å²) in [6.07, 6.45) is -5.74. The summed E-state index contributed by atoms with van der Waals surface area (Å²) < 4.78 is 37.2. The third kappa shape index (κ3) is 5.72. The standard InChI is InChI=1S/C13H15F3N2O3/c1-2-9(7-11(19)18-12(20)21)17-10-5-3-8(4-6-10)13(14,15)16/h3-6,9,17H,2,7H2,1H3,(H,18,19)(H,20,21)/p-1. The lowest BCUT2D eigenvalue weighted by atomic mass is 10.1. The summed E-state index contributed by atoms with van der Waals surface area (Å²) in [5.74, 6) is -0.735. The second kappa shape index (κ2) is 6.96. The minimum atomic E-state index is -4.41. The fourth-order valence-corrected chi connectivity index (χ4v) is 1.68. The van der Waals surface area contributed by atoms with E-state index >= 15 is 0 Å². The molecular weight excluding hydrogens is 289 g/mol. The van der Waals surface area contributed by atoms with Crippen LogP contribution in [-0.4, -0.2) is 18.0 Å². The number of amides is 2. The Hall–Kier alpha value is -2.25. The quantitative estimate of drug-likeness (QED) is 0.868. The highest BCUT2D eigenvalue weighted by Gasteiger charge is 2.30. The van der Waals surface area contributed by atoms with Crippen molar-refractivity contribution in [1.82, 2.24) is 5.32 Å². The summed E-state index contributed by atoms with van der Waals surface area (Å²) >= 11 is 0. The summed E-state index contributed by atoms with van der Waals surface area (Å²) in [4.78, 5) is 21.5. The monoisotopic (exact) mass is 303 g/mol. The molecule has 0 aliphatic heterocycles. The van der Waals surface area contributed by atoms with Crippen molar-refractivity contribution in [3.8, 4) is 0 Å². The molecule has 5 nitrogen and oxygen atoms in total. The molecule has 1 rings (SSSR count). The topological polar surface area (TPSA) is 81.3 Å². The fraction of sp³-hybridized carbons (Fsp3) is 0.385. The van der Waals surface area contributed by atoms with Crippen LogP contribution in [-0.2, 0) is 11.0 Å². The van der Waals surface area contributed by atoms with Gasteiger partial charge in [-0.25, -0.2) is 0 Å². The van der Waals surface area contributed by atoms with E-state index < -0.39 is 29.8 Å². The van der Waals surface area contributed by atoms with Crippen molar-refractivity contribution < 1.29 is 27.9 Å². The van der Waals surface area contributed by atoms with Gasteiger partial charge in [-0.05, 0) is 30.7 Å². The van der Waals surface area contributed by atoms with Gasteiger partial charge < -0.3 is 20.5 Å². The molecule has 2 N–H and O–H groups in total. The van der Waals surface area contributed by atoms with Crippen LogP contribution in [0.25, 0.3) is 0 Å². The molecule has 0 aromatic heterocycles. The number of nitrogens with one attached hydrogen (secondary N) is 2. The number of rotatable bonds is 5. The lowest BCUT2D eigenvalue weighted by Crippen LogP contribution is -2.42. The molecule has 1 atom stereocenters. The van der Waals surface area contributed by atoms with Gasteiger partial charge in [-0.3, -0.25) is 4.79 Å². The molecule has 0 heterocycles. The van der Waals surface area contributed by atoms with Crippen LogP contribution in [0.4, 0.5) is 23.7 Å². The average Bonchev–Trinajstić information content (AvgIpc) is 2.36. The van der Waals surface area contributed by atoms with E-state index in [4.69, 9.17) is 0 Å². The number of anilines is 1. The summed E-state index contributed by atoms with van der Waals surface area (Å²) in [6.45, 7) is 1.76. The first-order chi connectivity index (χ1) is 9.72. The Balaban J connectivity index is 2.65. The van der Waals surface area contributed by atoms with Crippen molar-refractivity contribution in [2.24, 2.45) is 0 Å². The Bertz CT molecular complexity index is 500. The van der Waals surface area contributed by atoms with Gasteiger partial charge in [-0.15, -0.1) is 0 Å². The van der Waals surface area contributed by atoms with Crippen LogP contribution >= 0.6 is 0 Å². The maximum Gasteiger partial charge on any atom is 0.416 e. The van der Waals surface area contributed by atoms with Crippen molar-refractivity contribution in [1.29, 1.82) is 0 Å². The van der Waals surface area contributed by atoms with Gasteiger partial charge >= 0.3 is 6.18 Å². The van der Waals surface area contributed by atoms with Crippen LogP contribution in [0.3, 0.4) is 0 Å². The first kappa shape index (κ1) is 16.8. The highest BCUT2D eigenvalue weighted by molar-refractivity contribution is 5.90. The van der Waals surface area contributed by atoms with Gasteiger partial charge in [0.15, 0.2) is 0 Å². The zero-order valence-corrected chi connectivity index (χ0v) is 11.2. The molecular formula is C13H14F3N2O3-. The smallest absolute Gasteiger partial charge is 0.416 e. The number of alkyl halides is 3. The van der Waals surface area contributed by atoms with Crippen molar-refractivity contribution >= 4 is 17.7 Å². The Morgan fingerprint density at radius 3 is 2.24 bits per heavy atom. The van der Waals surface area contributed by atoms with Crippen LogP contribution < -0.4 is 15.7 Å². The SMILES string of the molecule is CCC(CC(=O)NC(=O)[O-])Nc1ccc(C(F)(F)F)cc1. The number of benzene rings is 1. The lowest BCUT2D eigenvalue weighted by Gasteiger charge is -2.18. The first-order valence-electron chi connectivity index (χ1n) is 6.17. The molecule has 21 heavy (non-hydrogen) atoms. The number of imide groups is 1. The summed E-state index contributed by atoms with van der Waals surface area (Å²) in [5.41, 5.74) is -0.355. The maximum absolute atomic E-state index is 12.4. The van der Waals surface area contributed by atoms with E-state index in [-0.39, 0.29) is 6.42 Å². The van der Waals surface area contributed by atoms with Crippen LogP contribution in [0, 0.1) is 0 Å². The van der Waals surface area contributed by atoms with Gasteiger partial charge in [0.05, 0.1) is 5.56 Å². The largest absolute Gasteiger partial charge is 0.530 e. The molecule has 2 amide bonds. The third-order valence-electron chi connectivity index (χ3n) is 2.75. The van der Waals surface area contributed by atoms with Gasteiger partial charge in [0.2, 0.25) is 5.91 Å². The highest BCUT2D eigenvalue weighted by atomic mass is 19.4. The van der Waals surface area contributed by atoms with E-state index in [1.807, 2.05) is 0 Å². The van der Waals surface area contributed by atoms with Crippen molar-refractivity contribution in [3.05, 3.63) is 29.8 Å². The van der Waals surface area contributed by atoms with E-state index in [1.54, 1.807) is 12.2 Å². The van der Waals surface area contributed by atoms with Gasteiger partial charge in [-0.1, -0.05) is 6.92 Å². The van der Waals surface area contributed by atoms with Crippen molar-refractivity contribution in [3.63, 3.8) is 0 Å². The summed E-state index contributed by atoms with van der Waals surface area (Å²) in [5, 5.41) is 14.7. The molecule has 1 aromatic carbocycles. The Kier molecular flexibility index (Phi) is 5.57. The molecule has 8 heteroatoms. The van der Waals surface area contributed by atoms with Crippen LogP contribution in [0.1, 0.15) is 25.3 Å². The Morgan fingerprint density at radius 1 is 1.24 bits per heavy atom. The van der Waals surface area contributed by atoms with Gasteiger partial charge in [0.1, 0.15) is 6.09 Å². The average molecular weight is 303 g/mol. The zero-order valence-electron chi connectivity index (χ0n) is 11.2. The van der Waals surface area contributed by atoms with E-state index in [1.165, 1.54) is 12.1 Å². The number of carboxylic acid groups (broad SMARTS) is 1. The minimum Gasteiger partial charge on any atom is -0.530 e. The molecule has 116 valence electrons. The second-order valence-electron chi connectivity index (χ2n) is 4.36. The van der Waals surface area contributed by atoms with Crippen LogP contribution in [0.5, 0.6) is 0 Å². The lowest BCUT2D eigenvalue weighted by molar-refractivity contribution is -0.250. The molecule has 0 aliphatic rings. The normalized spacial score (nSPS) is 12.6. The fourth-order valence-electron chi connectivity index (χ4n) is 1.68. The molecule has 0 bridgehead atoms. The first-order valence-corrected chi connectivity index (χ1v) is 6.17. The van der Waals surface area contributed by atoms with Crippen LogP contribution in [0.2, 0.25) is 0 Å². The minimum absolute atomic E-state index is 0.133. The van der Waals surface area contributed by atoms with Gasteiger partial charge in [0.25, 0.3) is 0 Å². The molecule has 1 aromatic rings. The number of carbonyl (C=O) groups excluding carboxylic acids is 2. The molecule has 0 spiro atoms. The van der Waals surface area contributed by atoms with Crippen LogP contribution in [0.15, 0.2) is 24.3 Å². The molecule has 0 aliphatic carbocycles. The highest BCUT2D eigenvalue weighted by Crippen LogP contribution is 2.30. The van der Waals surface area contributed by atoms with Crippen molar-refractivity contribution in [2.75, 3.05) is 5.32 Å². The summed E-state index contributed by atoms with van der Waals surface area (Å²) in [6, 6.07) is 3.96. The number of hydrogen-bond acceptors (Lipinski definition) is 4. The maximum atomic E-state index is 12.4. The molecule has 0 saturated carbocycles. The van der Waals surface area contributed by atoms with E-state index in [2.05, 4.69) is 5.32 Å². The summed E-state index contributed by atoms with van der Waals surface area (Å²) in [7, 11) is 0. The number of halogens is 3. The molecule has 0 saturated heterocycles. The van der Waals surface area contributed by atoms with Crippen molar-refractivity contribution in [2.45, 2.75) is 32.0 Å². The second-order valence-corrected chi connectivity index (χ2v) is 4.36.